The summed E-state index contributed by atoms with van der Waals surface area (Å²) >= 11 is 12.6. The van der Waals surface area contributed by atoms with E-state index in [9.17, 15) is 4.79 Å². The molecule has 2 aromatic carbocycles. The lowest BCUT2D eigenvalue weighted by atomic mass is 9.77. The number of carbonyl (C=O) groups is 1. The fourth-order valence-electron chi connectivity index (χ4n) is 3.81. The molecule has 0 aromatic heterocycles. The number of nitrogens with one attached hydrogen (secondary N) is 1. The smallest absolute Gasteiger partial charge is 0.335 e. The SMILES string of the molecule is O=C(O)c1ccc([C@@H]2Nc3cc(Cl)cc(Cl)c3[C@H]3C=CC[C@@H]32)cc1. The Bertz CT molecular complexity index is 845. The summed E-state index contributed by atoms with van der Waals surface area (Å²) in [5.74, 6) is -0.315. The number of rotatable bonds is 2. The van der Waals surface area contributed by atoms with Crippen molar-refractivity contribution in [3.8, 4) is 0 Å². The van der Waals surface area contributed by atoms with E-state index in [0.29, 0.717) is 21.5 Å². The van der Waals surface area contributed by atoms with Crippen LogP contribution in [-0.2, 0) is 0 Å². The Hall–Kier alpha value is -1.97. The maximum atomic E-state index is 11.1. The van der Waals surface area contributed by atoms with Gasteiger partial charge in [-0.3, -0.25) is 0 Å². The van der Waals surface area contributed by atoms with Gasteiger partial charge in [0.25, 0.3) is 0 Å². The number of benzene rings is 2. The van der Waals surface area contributed by atoms with Crippen LogP contribution >= 0.6 is 23.2 Å². The average Bonchev–Trinajstić information content (AvgIpc) is 3.02. The van der Waals surface area contributed by atoms with Crippen LogP contribution in [0.1, 0.15) is 39.9 Å². The summed E-state index contributed by atoms with van der Waals surface area (Å²) < 4.78 is 0. The van der Waals surface area contributed by atoms with E-state index in [1.807, 2.05) is 18.2 Å². The maximum Gasteiger partial charge on any atom is 0.335 e. The highest BCUT2D eigenvalue weighted by Crippen LogP contribution is 2.52. The number of carboxylic acids is 1. The number of halogens is 2. The van der Waals surface area contributed by atoms with Gasteiger partial charge in [0.2, 0.25) is 0 Å². The number of aromatic carboxylic acids is 1. The van der Waals surface area contributed by atoms with Gasteiger partial charge in [0, 0.05) is 27.2 Å². The van der Waals surface area contributed by atoms with Gasteiger partial charge in [-0.25, -0.2) is 4.79 Å². The highest BCUT2D eigenvalue weighted by molar-refractivity contribution is 6.35. The zero-order valence-electron chi connectivity index (χ0n) is 12.7. The van der Waals surface area contributed by atoms with Crippen molar-refractivity contribution in [2.45, 2.75) is 18.4 Å². The first-order valence-electron chi connectivity index (χ1n) is 7.80. The van der Waals surface area contributed by atoms with Crippen LogP contribution in [0, 0.1) is 5.92 Å². The van der Waals surface area contributed by atoms with Crippen LogP contribution in [0.5, 0.6) is 0 Å². The minimum atomic E-state index is -0.914. The van der Waals surface area contributed by atoms with Crippen LogP contribution in [0.15, 0.2) is 48.6 Å². The number of hydrogen-bond acceptors (Lipinski definition) is 2. The Morgan fingerprint density at radius 2 is 1.92 bits per heavy atom. The van der Waals surface area contributed by atoms with Crippen LogP contribution in [0.3, 0.4) is 0 Å². The Balaban J connectivity index is 1.76. The van der Waals surface area contributed by atoms with Gasteiger partial charge in [0.15, 0.2) is 0 Å². The number of fused-ring (bicyclic) bond motifs is 3. The predicted molar refractivity (Wildman–Crippen MR) is 96.2 cm³/mol. The molecule has 122 valence electrons. The van der Waals surface area contributed by atoms with E-state index in [1.54, 1.807) is 18.2 Å². The van der Waals surface area contributed by atoms with Crippen LogP contribution in [0.2, 0.25) is 10.0 Å². The standard InChI is InChI=1S/C19H15Cl2NO2/c20-12-8-15(21)17-13-2-1-3-14(13)18(22-16(17)9-12)10-4-6-11(7-5-10)19(23)24/h1-2,4-9,13-14,18,22H,3H2,(H,23,24)/t13-,14-,18-/m0/s1. The van der Waals surface area contributed by atoms with Crippen molar-refractivity contribution < 1.29 is 9.90 Å². The van der Waals surface area contributed by atoms with E-state index in [1.165, 1.54) is 0 Å². The summed E-state index contributed by atoms with van der Waals surface area (Å²) in [4.78, 5) is 11.1. The lowest BCUT2D eigenvalue weighted by Gasteiger charge is -2.38. The molecule has 5 heteroatoms. The van der Waals surface area contributed by atoms with Gasteiger partial charge in [0.1, 0.15) is 0 Å². The number of hydrogen-bond donors (Lipinski definition) is 2. The van der Waals surface area contributed by atoms with Gasteiger partial charge in [0.05, 0.1) is 11.6 Å². The number of carboxylic acid groups (broad SMARTS) is 1. The zero-order valence-corrected chi connectivity index (χ0v) is 14.2. The molecule has 3 nitrogen and oxygen atoms in total. The van der Waals surface area contributed by atoms with Crippen molar-refractivity contribution in [2.75, 3.05) is 5.32 Å². The van der Waals surface area contributed by atoms with Crippen molar-refractivity contribution in [1.82, 2.24) is 0 Å². The zero-order chi connectivity index (χ0) is 16.8. The monoisotopic (exact) mass is 359 g/mol. The lowest BCUT2D eigenvalue weighted by molar-refractivity contribution is 0.0697. The molecule has 24 heavy (non-hydrogen) atoms. The van der Waals surface area contributed by atoms with Crippen LogP contribution < -0.4 is 5.32 Å². The Kier molecular flexibility index (Phi) is 3.78. The van der Waals surface area contributed by atoms with Gasteiger partial charge >= 0.3 is 5.97 Å². The van der Waals surface area contributed by atoms with Crippen LogP contribution in [-0.4, -0.2) is 11.1 Å². The fourth-order valence-corrected chi connectivity index (χ4v) is 4.43. The average molecular weight is 360 g/mol. The summed E-state index contributed by atoms with van der Waals surface area (Å²) in [6.07, 6.45) is 5.36. The third-order valence-corrected chi connectivity index (χ3v) is 5.43. The topological polar surface area (TPSA) is 49.3 Å². The molecule has 1 heterocycles. The molecule has 0 saturated heterocycles. The van der Waals surface area contributed by atoms with Crippen molar-refractivity contribution >= 4 is 34.9 Å². The van der Waals surface area contributed by atoms with E-state index in [-0.39, 0.29) is 12.0 Å². The summed E-state index contributed by atoms with van der Waals surface area (Å²) in [7, 11) is 0. The molecule has 0 unspecified atom stereocenters. The van der Waals surface area contributed by atoms with Crippen LogP contribution in [0.4, 0.5) is 5.69 Å². The van der Waals surface area contributed by atoms with E-state index in [2.05, 4.69) is 17.5 Å². The molecular weight excluding hydrogens is 345 g/mol. The molecule has 4 rings (SSSR count). The lowest BCUT2D eigenvalue weighted by Crippen LogP contribution is -2.29. The Morgan fingerprint density at radius 3 is 2.62 bits per heavy atom. The minimum Gasteiger partial charge on any atom is -0.478 e. The second-order valence-corrected chi connectivity index (χ2v) is 7.10. The van der Waals surface area contributed by atoms with E-state index in [4.69, 9.17) is 28.3 Å². The van der Waals surface area contributed by atoms with E-state index in [0.717, 1.165) is 23.2 Å². The van der Waals surface area contributed by atoms with Gasteiger partial charge in [-0.15, -0.1) is 0 Å². The summed E-state index contributed by atoms with van der Waals surface area (Å²) in [5.41, 5.74) is 3.41. The van der Waals surface area contributed by atoms with Crippen molar-refractivity contribution in [3.05, 3.63) is 75.3 Å². The third-order valence-electron chi connectivity index (χ3n) is 4.90. The first kappa shape index (κ1) is 15.6. The minimum absolute atomic E-state index is 0.0925. The summed E-state index contributed by atoms with van der Waals surface area (Å²) in [5, 5.41) is 13.9. The molecule has 2 aromatic rings. The van der Waals surface area contributed by atoms with Crippen molar-refractivity contribution in [1.29, 1.82) is 0 Å². The number of anilines is 1. The van der Waals surface area contributed by atoms with Crippen molar-refractivity contribution in [3.63, 3.8) is 0 Å². The van der Waals surface area contributed by atoms with Crippen molar-refractivity contribution in [2.24, 2.45) is 5.92 Å². The maximum absolute atomic E-state index is 11.1. The molecule has 1 aliphatic carbocycles. The van der Waals surface area contributed by atoms with Gasteiger partial charge in [-0.2, -0.15) is 0 Å². The molecule has 1 aliphatic heterocycles. The molecule has 0 radical (unpaired) electrons. The Morgan fingerprint density at radius 1 is 1.17 bits per heavy atom. The fraction of sp³-hybridized carbons (Fsp3) is 0.211. The second kappa shape index (κ2) is 5.83. The number of allylic oxidation sites excluding steroid dienone is 2. The second-order valence-electron chi connectivity index (χ2n) is 6.25. The van der Waals surface area contributed by atoms with Gasteiger partial charge < -0.3 is 10.4 Å². The highest BCUT2D eigenvalue weighted by atomic mass is 35.5. The summed E-state index contributed by atoms with van der Waals surface area (Å²) in [6.45, 7) is 0. The molecule has 0 amide bonds. The molecule has 0 saturated carbocycles. The molecular formula is C19H15Cl2NO2. The van der Waals surface area contributed by atoms with E-state index >= 15 is 0 Å². The van der Waals surface area contributed by atoms with Gasteiger partial charge in [-0.05, 0) is 42.2 Å². The molecule has 0 spiro atoms. The first-order valence-corrected chi connectivity index (χ1v) is 8.55. The first-order chi connectivity index (χ1) is 11.5. The third kappa shape index (κ3) is 2.48. The predicted octanol–water partition coefficient (Wildman–Crippen LogP) is 5.52. The molecule has 0 bridgehead atoms. The highest BCUT2D eigenvalue weighted by Gasteiger charge is 2.39. The molecule has 2 N–H and O–H groups in total. The summed E-state index contributed by atoms with van der Waals surface area (Å²) in [6, 6.07) is 10.9. The Labute approximate surface area is 149 Å². The molecule has 2 aliphatic rings. The largest absolute Gasteiger partial charge is 0.478 e. The normalized spacial score (nSPS) is 24.2. The molecule has 3 atom stereocenters. The molecule has 0 fully saturated rings. The van der Waals surface area contributed by atoms with Crippen LogP contribution in [0.25, 0.3) is 0 Å². The van der Waals surface area contributed by atoms with E-state index < -0.39 is 5.97 Å². The quantitative estimate of drug-likeness (QED) is 0.694. The van der Waals surface area contributed by atoms with Gasteiger partial charge in [-0.1, -0.05) is 47.5 Å².